The Bertz CT molecular complexity index is 1700. The highest BCUT2D eigenvalue weighted by atomic mass is 19.1. The van der Waals surface area contributed by atoms with Crippen molar-refractivity contribution in [3.63, 3.8) is 0 Å². The van der Waals surface area contributed by atoms with Crippen LogP contribution in [0.3, 0.4) is 0 Å². The minimum Gasteiger partial charge on any atom is -0.492 e. The van der Waals surface area contributed by atoms with Crippen LogP contribution in [0.25, 0.3) is 22.3 Å². The predicted molar refractivity (Wildman–Crippen MR) is 148 cm³/mol. The Labute approximate surface area is 230 Å². The first kappa shape index (κ1) is 25.8. The molecule has 0 bridgehead atoms. The highest BCUT2D eigenvalue weighted by Gasteiger charge is 2.32. The first-order valence-electron chi connectivity index (χ1n) is 13.3. The summed E-state index contributed by atoms with van der Waals surface area (Å²) < 4.78 is 28.6. The lowest BCUT2D eigenvalue weighted by atomic mass is 9.88. The quantitative estimate of drug-likeness (QED) is 0.328. The van der Waals surface area contributed by atoms with Crippen LogP contribution in [0.4, 0.5) is 4.39 Å². The van der Waals surface area contributed by atoms with E-state index in [1.54, 1.807) is 31.4 Å². The third-order valence-electron chi connectivity index (χ3n) is 7.95. The molecular formula is C32H29FN2O5. The van der Waals surface area contributed by atoms with Gasteiger partial charge in [0.15, 0.2) is 0 Å². The topological polar surface area (TPSA) is 90.7 Å². The standard InChI is InChI=1S/C32H29FN2O5/c1-17-10-19(20-12-29(36)35(3)34-15-20)11-18(2)31(17)24-6-8-26(33)32-25(24)7-9-27(32)40-22-4-5-23-21(13-30(37)38)16-39-28(23)14-22/h4-6,8,10-12,14-15,21,27H,7,9,13,16H2,1-3H3,(H,37,38)/t21-,27-/m1/s1. The molecule has 8 heteroatoms. The van der Waals surface area contributed by atoms with Crippen molar-refractivity contribution in [1.82, 2.24) is 9.78 Å². The Morgan fingerprint density at radius 1 is 1.12 bits per heavy atom. The van der Waals surface area contributed by atoms with E-state index < -0.39 is 12.1 Å². The number of fused-ring (bicyclic) bond motifs is 2. The lowest BCUT2D eigenvalue weighted by Crippen LogP contribution is -2.17. The zero-order chi connectivity index (χ0) is 28.1. The molecule has 2 atom stereocenters. The molecule has 0 fully saturated rings. The summed E-state index contributed by atoms with van der Waals surface area (Å²) in [6.45, 7) is 4.38. The molecule has 3 aromatic carbocycles. The Balaban J connectivity index is 1.31. The van der Waals surface area contributed by atoms with Crippen LogP contribution in [0.5, 0.6) is 11.5 Å². The minimum absolute atomic E-state index is 0.0116. The average Bonchev–Trinajstić information content (AvgIpc) is 3.51. The van der Waals surface area contributed by atoms with Crippen molar-refractivity contribution >= 4 is 5.97 Å². The van der Waals surface area contributed by atoms with E-state index in [1.807, 2.05) is 38.1 Å². The van der Waals surface area contributed by atoms with Crippen LogP contribution in [0.15, 0.2) is 59.5 Å². The summed E-state index contributed by atoms with van der Waals surface area (Å²) in [6.07, 6.45) is 2.56. The Morgan fingerprint density at radius 2 is 1.90 bits per heavy atom. The van der Waals surface area contributed by atoms with Crippen LogP contribution in [0, 0.1) is 19.7 Å². The number of nitrogens with zero attached hydrogens (tertiary/aromatic N) is 2. The van der Waals surface area contributed by atoms with Crippen molar-refractivity contribution in [1.29, 1.82) is 0 Å². The number of benzene rings is 3. The molecule has 0 unspecified atom stereocenters. The second-order valence-corrected chi connectivity index (χ2v) is 10.6. The number of hydrogen-bond donors (Lipinski definition) is 1. The molecular weight excluding hydrogens is 511 g/mol. The van der Waals surface area contributed by atoms with Crippen molar-refractivity contribution in [3.05, 3.63) is 98.7 Å². The maximum absolute atomic E-state index is 15.3. The number of aromatic nitrogens is 2. The van der Waals surface area contributed by atoms with Crippen molar-refractivity contribution in [2.45, 2.75) is 45.1 Å². The lowest BCUT2D eigenvalue weighted by molar-refractivity contribution is -0.137. The van der Waals surface area contributed by atoms with Crippen molar-refractivity contribution in [3.8, 4) is 33.8 Å². The van der Waals surface area contributed by atoms with Crippen LogP contribution in [-0.4, -0.2) is 27.5 Å². The number of ether oxygens (including phenoxy) is 2. The summed E-state index contributed by atoms with van der Waals surface area (Å²) in [5, 5.41) is 13.3. The molecule has 6 rings (SSSR count). The first-order chi connectivity index (χ1) is 19.2. The molecule has 0 amide bonds. The summed E-state index contributed by atoms with van der Waals surface area (Å²) in [5.74, 6) is -0.155. The summed E-state index contributed by atoms with van der Waals surface area (Å²) in [5.41, 5.74) is 7.96. The highest BCUT2D eigenvalue weighted by Crippen LogP contribution is 2.45. The second-order valence-electron chi connectivity index (χ2n) is 10.6. The van der Waals surface area contributed by atoms with Gasteiger partial charge in [-0.25, -0.2) is 9.07 Å². The molecule has 1 aliphatic heterocycles. The van der Waals surface area contributed by atoms with Gasteiger partial charge >= 0.3 is 5.97 Å². The summed E-state index contributed by atoms with van der Waals surface area (Å²) in [4.78, 5) is 23.3. The average molecular weight is 541 g/mol. The van der Waals surface area contributed by atoms with Crippen LogP contribution < -0.4 is 15.0 Å². The van der Waals surface area contributed by atoms with Gasteiger partial charge in [-0.3, -0.25) is 9.59 Å². The van der Waals surface area contributed by atoms with Gasteiger partial charge in [0.2, 0.25) is 0 Å². The summed E-state index contributed by atoms with van der Waals surface area (Å²) >= 11 is 0. The second kappa shape index (κ2) is 9.93. The van der Waals surface area contributed by atoms with Gasteiger partial charge in [-0.05, 0) is 72.2 Å². The number of aliphatic carboxylic acids is 1. The highest BCUT2D eigenvalue weighted by molar-refractivity contribution is 5.79. The number of halogens is 1. The largest absolute Gasteiger partial charge is 0.492 e. The number of carboxylic acids is 1. The zero-order valence-electron chi connectivity index (χ0n) is 22.5. The van der Waals surface area contributed by atoms with Gasteiger partial charge in [-0.1, -0.05) is 24.3 Å². The first-order valence-corrected chi connectivity index (χ1v) is 13.3. The van der Waals surface area contributed by atoms with E-state index in [4.69, 9.17) is 14.6 Å². The third kappa shape index (κ3) is 4.53. The molecule has 0 spiro atoms. The SMILES string of the molecule is Cc1cc(-c2cnn(C)c(=O)c2)cc(C)c1-c1ccc(F)c2c1CC[C@H]2Oc1ccc2c(c1)OC[C@H]2CC(=O)O. The molecule has 40 heavy (non-hydrogen) atoms. The molecule has 204 valence electrons. The lowest BCUT2D eigenvalue weighted by Gasteiger charge is -2.19. The van der Waals surface area contributed by atoms with Crippen LogP contribution >= 0.6 is 0 Å². The minimum atomic E-state index is -0.862. The van der Waals surface area contributed by atoms with Gasteiger partial charge in [0.1, 0.15) is 23.4 Å². The van der Waals surface area contributed by atoms with Crippen molar-refractivity contribution < 1.29 is 23.8 Å². The van der Waals surface area contributed by atoms with Crippen LogP contribution in [0.1, 0.15) is 52.7 Å². The number of carbonyl (C=O) groups is 1. The smallest absolute Gasteiger partial charge is 0.304 e. The van der Waals surface area contributed by atoms with E-state index in [9.17, 15) is 9.59 Å². The van der Waals surface area contributed by atoms with Gasteiger partial charge < -0.3 is 14.6 Å². The van der Waals surface area contributed by atoms with Gasteiger partial charge in [0.25, 0.3) is 5.56 Å². The zero-order valence-corrected chi connectivity index (χ0v) is 22.5. The fourth-order valence-corrected chi connectivity index (χ4v) is 6.08. The van der Waals surface area contributed by atoms with E-state index in [0.29, 0.717) is 36.5 Å². The maximum atomic E-state index is 15.3. The van der Waals surface area contributed by atoms with Crippen molar-refractivity contribution in [2.24, 2.45) is 7.05 Å². The fourth-order valence-electron chi connectivity index (χ4n) is 6.08. The molecule has 4 aromatic rings. The monoisotopic (exact) mass is 540 g/mol. The van der Waals surface area contributed by atoms with Gasteiger partial charge in [0, 0.05) is 41.8 Å². The van der Waals surface area contributed by atoms with E-state index in [2.05, 4.69) is 5.10 Å². The number of rotatable bonds is 6. The summed E-state index contributed by atoms with van der Waals surface area (Å²) in [6, 6.07) is 14.4. The molecule has 2 heterocycles. The fraction of sp³-hybridized carbons (Fsp3) is 0.281. The maximum Gasteiger partial charge on any atom is 0.304 e. The molecule has 0 radical (unpaired) electrons. The number of carboxylic acid groups (broad SMARTS) is 1. The number of aryl methyl sites for hydroxylation is 3. The molecule has 1 aromatic heterocycles. The van der Waals surface area contributed by atoms with Crippen LogP contribution in [-0.2, 0) is 18.3 Å². The van der Waals surface area contributed by atoms with E-state index in [1.165, 1.54) is 10.7 Å². The van der Waals surface area contributed by atoms with Crippen LogP contribution in [0.2, 0.25) is 0 Å². The van der Waals surface area contributed by atoms with Gasteiger partial charge in [0.05, 0.1) is 19.2 Å². The Morgan fingerprint density at radius 3 is 2.62 bits per heavy atom. The molecule has 2 aliphatic rings. The number of hydrogen-bond acceptors (Lipinski definition) is 5. The third-order valence-corrected chi connectivity index (χ3v) is 7.95. The van der Waals surface area contributed by atoms with E-state index in [-0.39, 0.29) is 23.7 Å². The van der Waals surface area contributed by atoms with Crippen molar-refractivity contribution in [2.75, 3.05) is 6.61 Å². The predicted octanol–water partition coefficient (Wildman–Crippen LogP) is 5.89. The molecule has 0 saturated carbocycles. The Kier molecular flexibility index (Phi) is 6.41. The van der Waals surface area contributed by atoms with E-state index in [0.717, 1.165) is 44.5 Å². The van der Waals surface area contributed by atoms with Gasteiger partial charge in [-0.15, -0.1) is 0 Å². The molecule has 1 aliphatic carbocycles. The van der Waals surface area contributed by atoms with Gasteiger partial charge in [-0.2, -0.15) is 5.10 Å². The molecule has 1 N–H and O–H groups in total. The summed E-state index contributed by atoms with van der Waals surface area (Å²) in [7, 11) is 1.62. The molecule has 7 nitrogen and oxygen atoms in total. The normalized spacial score (nSPS) is 17.3. The Hall–Kier alpha value is -4.46. The molecule has 0 saturated heterocycles. The van der Waals surface area contributed by atoms with E-state index >= 15 is 4.39 Å².